The summed E-state index contributed by atoms with van der Waals surface area (Å²) in [5, 5.41) is 7.56. The Labute approximate surface area is 197 Å². The molecule has 0 bridgehead atoms. The third kappa shape index (κ3) is 4.47. The van der Waals surface area contributed by atoms with E-state index in [4.69, 9.17) is 19.6 Å². The van der Waals surface area contributed by atoms with Crippen LogP contribution in [0.5, 0.6) is 5.75 Å². The monoisotopic (exact) mass is 458 g/mol. The van der Waals surface area contributed by atoms with E-state index in [1.165, 1.54) is 7.11 Å². The summed E-state index contributed by atoms with van der Waals surface area (Å²) in [7, 11) is 2.94. The molecule has 0 saturated heterocycles. The zero-order valence-corrected chi connectivity index (χ0v) is 19.6. The van der Waals surface area contributed by atoms with Crippen molar-refractivity contribution >= 4 is 23.2 Å². The van der Waals surface area contributed by atoms with Gasteiger partial charge < -0.3 is 14.8 Å². The Morgan fingerprint density at radius 1 is 1.03 bits per heavy atom. The van der Waals surface area contributed by atoms with Crippen LogP contribution < -0.4 is 10.1 Å². The van der Waals surface area contributed by atoms with Crippen LogP contribution in [0.2, 0.25) is 0 Å². The van der Waals surface area contributed by atoms with Gasteiger partial charge in [-0.1, -0.05) is 24.3 Å². The number of amides is 1. The third-order valence-electron chi connectivity index (χ3n) is 5.76. The van der Waals surface area contributed by atoms with Crippen molar-refractivity contribution in [3.63, 3.8) is 0 Å². The molecular weight excluding hydrogens is 432 g/mol. The lowest BCUT2D eigenvalue weighted by Crippen LogP contribution is -2.16. The maximum absolute atomic E-state index is 12.7. The largest absolute Gasteiger partial charge is 0.496 e. The van der Waals surface area contributed by atoms with Gasteiger partial charge in [0.2, 0.25) is 5.91 Å². The number of ether oxygens (including phenoxy) is 2. The zero-order chi connectivity index (χ0) is 24.2. The first-order chi connectivity index (χ1) is 16.4. The van der Waals surface area contributed by atoms with Crippen molar-refractivity contribution in [1.82, 2.24) is 14.6 Å². The van der Waals surface area contributed by atoms with E-state index in [0.717, 1.165) is 39.6 Å². The Balaban J connectivity index is 1.56. The molecule has 2 heterocycles. The van der Waals surface area contributed by atoms with E-state index in [1.807, 2.05) is 44.2 Å². The van der Waals surface area contributed by atoms with Crippen LogP contribution in [0.4, 0.5) is 5.69 Å². The van der Waals surface area contributed by atoms with Gasteiger partial charge in [-0.2, -0.15) is 5.10 Å². The molecule has 1 N–H and O–H groups in total. The van der Waals surface area contributed by atoms with Gasteiger partial charge in [0, 0.05) is 29.4 Å². The Hall–Kier alpha value is -4.20. The first kappa shape index (κ1) is 23.0. The molecule has 0 atom stereocenters. The van der Waals surface area contributed by atoms with Gasteiger partial charge in [-0.05, 0) is 50.1 Å². The summed E-state index contributed by atoms with van der Waals surface area (Å²) in [5.74, 6) is 0.0385. The Kier molecular flexibility index (Phi) is 6.58. The highest BCUT2D eigenvalue weighted by Gasteiger charge is 2.17. The SMILES string of the molecule is COC(=O)c1ccccc1NC(=O)CCc1c(C)nc2cc(-c3ccccc3OC)nn2c1C. The highest BCUT2D eigenvalue weighted by Crippen LogP contribution is 2.30. The molecule has 0 spiro atoms. The van der Waals surface area contributed by atoms with E-state index in [2.05, 4.69) is 5.32 Å². The molecule has 0 fully saturated rings. The summed E-state index contributed by atoms with van der Waals surface area (Å²) in [6.45, 7) is 3.91. The van der Waals surface area contributed by atoms with Gasteiger partial charge in [-0.15, -0.1) is 0 Å². The number of hydrogen-bond donors (Lipinski definition) is 1. The van der Waals surface area contributed by atoms with Gasteiger partial charge >= 0.3 is 5.97 Å². The predicted molar refractivity (Wildman–Crippen MR) is 129 cm³/mol. The number of benzene rings is 2. The summed E-state index contributed by atoms with van der Waals surface area (Å²) in [4.78, 5) is 29.3. The second kappa shape index (κ2) is 9.74. The fourth-order valence-electron chi connectivity index (χ4n) is 4.01. The molecule has 2 aromatic carbocycles. The maximum atomic E-state index is 12.7. The predicted octanol–water partition coefficient (Wildman–Crippen LogP) is 4.38. The van der Waals surface area contributed by atoms with Gasteiger partial charge in [0.05, 0.1) is 31.2 Å². The van der Waals surface area contributed by atoms with Crippen molar-refractivity contribution in [2.24, 2.45) is 0 Å². The molecule has 34 heavy (non-hydrogen) atoms. The lowest BCUT2D eigenvalue weighted by atomic mass is 10.1. The van der Waals surface area contributed by atoms with Crippen LogP contribution in [-0.4, -0.2) is 40.7 Å². The van der Waals surface area contributed by atoms with E-state index >= 15 is 0 Å². The summed E-state index contributed by atoms with van der Waals surface area (Å²) < 4.78 is 12.1. The molecule has 174 valence electrons. The van der Waals surface area contributed by atoms with Crippen LogP contribution >= 0.6 is 0 Å². The lowest BCUT2D eigenvalue weighted by molar-refractivity contribution is -0.116. The molecule has 0 unspecified atom stereocenters. The summed E-state index contributed by atoms with van der Waals surface area (Å²) in [6.07, 6.45) is 0.710. The van der Waals surface area contributed by atoms with Crippen molar-refractivity contribution in [3.8, 4) is 17.0 Å². The molecule has 0 aliphatic rings. The second-order valence-corrected chi connectivity index (χ2v) is 7.85. The van der Waals surface area contributed by atoms with Crippen LogP contribution in [0, 0.1) is 13.8 Å². The van der Waals surface area contributed by atoms with Crippen molar-refractivity contribution in [3.05, 3.63) is 77.1 Å². The normalized spacial score (nSPS) is 10.8. The first-order valence-electron chi connectivity index (χ1n) is 10.9. The molecule has 0 saturated carbocycles. The minimum absolute atomic E-state index is 0.203. The number of aromatic nitrogens is 3. The molecule has 0 radical (unpaired) electrons. The summed E-state index contributed by atoms with van der Waals surface area (Å²) in [6, 6.07) is 16.4. The number of carbonyl (C=O) groups is 2. The summed E-state index contributed by atoms with van der Waals surface area (Å²) >= 11 is 0. The number of rotatable bonds is 7. The standard InChI is InChI=1S/C26H26N4O4/c1-16-18(13-14-25(31)28-21-11-7-5-10-20(21)26(32)34-4)17(2)30-24(27-16)15-22(29-30)19-9-6-8-12-23(19)33-3/h5-12,15H,13-14H2,1-4H3,(H,28,31). The quantitative estimate of drug-likeness (QED) is 0.413. The fourth-order valence-corrected chi connectivity index (χ4v) is 4.01. The van der Waals surface area contributed by atoms with Crippen molar-refractivity contribution < 1.29 is 19.1 Å². The van der Waals surface area contributed by atoms with Gasteiger partial charge in [0.15, 0.2) is 5.65 Å². The van der Waals surface area contributed by atoms with Crippen LogP contribution in [0.3, 0.4) is 0 Å². The van der Waals surface area contributed by atoms with Gasteiger partial charge in [0.25, 0.3) is 0 Å². The molecule has 8 nitrogen and oxygen atoms in total. The van der Waals surface area contributed by atoms with Crippen LogP contribution in [0.1, 0.15) is 33.7 Å². The smallest absolute Gasteiger partial charge is 0.339 e. The number of fused-ring (bicyclic) bond motifs is 1. The molecule has 0 aliphatic heterocycles. The van der Waals surface area contributed by atoms with Gasteiger partial charge in [-0.25, -0.2) is 14.3 Å². The number of nitrogens with one attached hydrogen (secondary N) is 1. The number of methoxy groups -OCH3 is 2. The van der Waals surface area contributed by atoms with E-state index in [0.29, 0.717) is 17.7 Å². The van der Waals surface area contributed by atoms with E-state index < -0.39 is 5.97 Å². The minimum atomic E-state index is -0.498. The van der Waals surface area contributed by atoms with Crippen LogP contribution in [0.15, 0.2) is 54.6 Å². The number of nitrogens with zero attached hydrogens (tertiary/aromatic N) is 3. The zero-order valence-electron chi connectivity index (χ0n) is 19.6. The number of esters is 1. The molecular formula is C26H26N4O4. The first-order valence-corrected chi connectivity index (χ1v) is 10.9. The lowest BCUT2D eigenvalue weighted by Gasteiger charge is -2.12. The number of para-hydroxylation sites is 2. The topological polar surface area (TPSA) is 94.8 Å². The van der Waals surface area contributed by atoms with Gasteiger partial charge in [-0.3, -0.25) is 4.79 Å². The van der Waals surface area contributed by atoms with Crippen molar-refractivity contribution in [2.75, 3.05) is 19.5 Å². The molecule has 4 rings (SSSR count). The molecule has 2 aromatic heterocycles. The molecule has 8 heteroatoms. The molecule has 1 amide bonds. The maximum Gasteiger partial charge on any atom is 0.339 e. The second-order valence-electron chi connectivity index (χ2n) is 7.85. The summed E-state index contributed by atoms with van der Waals surface area (Å²) in [5.41, 5.74) is 5.85. The highest BCUT2D eigenvalue weighted by molar-refractivity contribution is 6.01. The molecule has 4 aromatic rings. The van der Waals surface area contributed by atoms with Gasteiger partial charge in [0.1, 0.15) is 5.75 Å². The number of hydrogen-bond acceptors (Lipinski definition) is 6. The number of aryl methyl sites for hydroxylation is 2. The van der Waals surface area contributed by atoms with E-state index in [9.17, 15) is 9.59 Å². The Morgan fingerprint density at radius 3 is 2.53 bits per heavy atom. The third-order valence-corrected chi connectivity index (χ3v) is 5.76. The number of carbonyl (C=O) groups excluding carboxylic acids is 2. The Bertz CT molecular complexity index is 1380. The van der Waals surface area contributed by atoms with Crippen LogP contribution in [-0.2, 0) is 16.0 Å². The highest BCUT2D eigenvalue weighted by atomic mass is 16.5. The Morgan fingerprint density at radius 2 is 1.76 bits per heavy atom. The number of anilines is 1. The van der Waals surface area contributed by atoms with E-state index in [1.54, 1.807) is 35.9 Å². The fraction of sp³-hybridized carbons (Fsp3) is 0.231. The molecule has 0 aliphatic carbocycles. The van der Waals surface area contributed by atoms with Crippen molar-refractivity contribution in [1.29, 1.82) is 0 Å². The minimum Gasteiger partial charge on any atom is -0.496 e. The van der Waals surface area contributed by atoms with Crippen molar-refractivity contribution in [2.45, 2.75) is 26.7 Å². The average molecular weight is 459 g/mol. The average Bonchev–Trinajstić information content (AvgIpc) is 3.27. The van der Waals surface area contributed by atoms with Crippen LogP contribution in [0.25, 0.3) is 16.9 Å². The van der Waals surface area contributed by atoms with E-state index in [-0.39, 0.29) is 12.3 Å².